The molecule has 0 unspecified atom stereocenters. The van der Waals surface area contributed by atoms with E-state index in [1.165, 1.54) is 24.1 Å². The average Bonchev–Trinajstić information content (AvgIpc) is 2.83. The minimum absolute atomic E-state index is 0.0953. The molecule has 0 fully saturated rings. The second kappa shape index (κ2) is 9.51. The highest BCUT2D eigenvalue weighted by atomic mass is 32.2. The van der Waals surface area contributed by atoms with Crippen LogP contribution in [0.4, 0.5) is 10.1 Å². The van der Waals surface area contributed by atoms with Gasteiger partial charge >= 0.3 is 0 Å². The Hall–Kier alpha value is -2.93. The summed E-state index contributed by atoms with van der Waals surface area (Å²) in [6, 6.07) is 9.42. The molecule has 1 aliphatic heterocycles. The van der Waals surface area contributed by atoms with Gasteiger partial charge in [-0.05, 0) is 60.7 Å². The Labute approximate surface area is 197 Å². The van der Waals surface area contributed by atoms with Crippen molar-refractivity contribution in [2.75, 3.05) is 0 Å². The zero-order valence-electron chi connectivity index (χ0n) is 18.8. The number of nitrogens with one attached hydrogen (secondary N) is 1. The van der Waals surface area contributed by atoms with Crippen molar-refractivity contribution in [3.8, 4) is 0 Å². The van der Waals surface area contributed by atoms with E-state index in [9.17, 15) is 19.1 Å². The molecule has 1 aliphatic carbocycles. The highest BCUT2D eigenvalue weighted by Gasteiger charge is 2.48. The molecular formula is C26H27FN2O3S. The van der Waals surface area contributed by atoms with E-state index in [-0.39, 0.29) is 23.0 Å². The molecular weight excluding hydrogens is 439 g/mol. The number of nitrogens with zero attached hydrogens (tertiary/aromatic N) is 1. The summed E-state index contributed by atoms with van der Waals surface area (Å²) in [5.74, 6) is -0.645. The zero-order chi connectivity index (χ0) is 23.6. The lowest BCUT2D eigenvalue weighted by molar-refractivity contribution is -0.121. The summed E-state index contributed by atoms with van der Waals surface area (Å²) in [6.07, 6.45) is 5.53. The van der Waals surface area contributed by atoms with Crippen LogP contribution in [-0.2, 0) is 10.2 Å². The van der Waals surface area contributed by atoms with Gasteiger partial charge in [-0.3, -0.25) is 9.59 Å². The van der Waals surface area contributed by atoms with Crippen LogP contribution < -0.4 is 4.72 Å². The quantitative estimate of drug-likeness (QED) is 0.345. The predicted molar refractivity (Wildman–Crippen MR) is 130 cm³/mol. The monoisotopic (exact) mass is 466 g/mol. The van der Waals surface area contributed by atoms with Crippen LogP contribution in [0.2, 0.25) is 0 Å². The number of hydrogen-bond acceptors (Lipinski definition) is 6. The van der Waals surface area contributed by atoms with Crippen LogP contribution in [0.5, 0.6) is 0 Å². The molecule has 1 heterocycles. The normalized spacial score (nSPS) is 16.6. The van der Waals surface area contributed by atoms with Crippen LogP contribution in [-0.4, -0.2) is 23.0 Å². The molecule has 0 spiro atoms. The first kappa shape index (κ1) is 23.2. The predicted octanol–water partition coefficient (Wildman–Crippen LogP) is 6.45. The van der Waals surface area contributed by atoms with Crippen molar-refractivity contribution in [3.05, 3.63) is 64.5 Å². The minimum Gasteiger partial charge on any atom is -0.506 e. The lowest BCUT2D eigenvalue weighted by atomic mass is 9.63. The van der Waals surface area contributed by atoms with E-state index in [4.69, 9.17) is 0 Å². The van der Waals surface area contributed by atoms with Crippen LogP contribution in [0.1, 0.15) is 73.9 Å². The molecule has 0 saturated heterocycles. The summed E-state index contributed by atoms with van der Waals surface area (Å²) in [7, 11) is 0. The summed E-state index contributed by atoms with van der Waals surface area (Å²) in [6.45, 7) is 4.16. The van der Waals surface area contributed by atoms with Gasteiger partial charge in [-0.1, -0.05) is 45.6 Å². The number of Topliss-reactive ketones (excluding diaryl/α,β-unsaturated/α-hetero) is 1. The number of carbonyl (C=O) groups excluding carboxylic acids is 2. The summed E-state index contributed by atoms with van der Waals surface area (Å²) in [4.78, 5) is 30.6. The van der Waals surface area contributed by atoms with Gasteiger partial charge in [0.1, 0.15) is 23.4 Å². The molecule has 33 heavy (non-hydrogen) atoms. The van der Waals surface area contributed by atoms with Crippen molar-refractivity contribution in [1.82, 2.24) is 4.72 Å². The number of unbranched alkanes of at least 4 members (excludes halogenated alkanes) is 2. The molecule has 2 aliphatic rings. The number of aliphatic hydroxyl groups is 1. The first-order valence-corrected chi connectivity index (χ1v) is 12.2. The highest BCUT2D eigenvalue weighted by molar-refractivity contribution is 7.98. The molecule has 0 radical (unpaired) electrons. The number of amidine groups is 1. The number of benzene rings is 2. The Bertz CT molecular complexity index is 1160. The van der Waals surface area contributed by atoms with Crippen LogP contribution in [0, 0.1) is 5.82 Å². The maximum Gasteiger partial charge on any atom is 0.180 e. The molecule has 2 aromatic carbocycles. The Kier molecular flexibility index (Phi) is 6.70. The SMILES string of the molecule is CCCCC1(CCCC)C(=O)C(C2=Nc3ccc(C=O)cc3SN2)=C(O)c2cc(F)ccc21. The number of halogens is 1. The number of aliphatic hydroxyl groups excluding tert-OH is 1. The molecule has 7 heteroatoms. The van der Waals surface area contributed by atoms with E-state index in [1.54, 1.807) is 24.3 Å². The first-order chi connectivity index (χ1) is 15.9. The maximum absolute atomic E-state index is 14.3. The summed E-state index contributed by atoms with van der Waals surface area (Å²) >= 11 is 1.23. The molecule has 5 nitrogen and oxygen atoms in total. The van der Waals surface area contributed by atoms with Gasteiger partial charge in [-0.2, -0.15) is 0 Å². The number of fused-ring (bicyclic) bond motifs is 2. The van der Waals surface area contributed by atoms with Gasteiger partial charge in [0, 0.05) is 11.1 Å². The number of rotatable bonds is 8. The third-order valence-electron chi connectivity index (χ3n) is 6.41. The van der Waals surface area contributed by atoms with Crippen molar-refractivity contribution in [3.63, 3.8) is 0 Å². The molecule has 0 aromatic heterocycles. The fourth-order valence-electron chi connectivity index (χ4n) is 4.66. The van der Waals surface area contributed by atoms with E-state index in [0.29, 0.717) is 35.2 Å². The van der Waals surface area contributed by atoms with Gasteiger partial charge in [0.15, 0.2) is 11.6 Å². The molecule has 0 atom stereocenters. The number of aliphatic imine (C=N–C) groups is 1. The summed E-state index contributed by atoms with van der Waals surface area (Å²) in [5.41, 5.74) is 1.43. The number of carbonyl (C=O) groups is 2. The van der Waals surface area contributed by atoms with Gasteiger partial charge in [-0.25, -0.2) is 9.38 Å². The van der Waals surface area contributed by atoms with Crippen LogP contribution in [0.15, 0.2) is 51.9 Å². The standard InChI is InChI=1S/C26H27FN2O3S/c1-3-5-11-26(12-6-4-2)19-9-8-17(27)14-18(19)23(31)22(24(26)32)25-28-20-10-7-16(15-30)13-21(20)33-29-25/h7-10,13-15,31H,3-6,11-12H2,1-2H3,(H,28,29). The number of aldehydes is 1. The smallest absolute Gasteiger partial charge is 0.180 e. The molecule has 2 N–H and O–H groups in total. The average molecular weight is 467 g/mol. The Morgan fingerprint density at radius 3 is 2.52 bits per heavy atom. The molecule has 2 aromatic rings. The molecule has 172 valence electrons. The lowest BCUT2D eigenvalue weighted by Crippen LogP contribution is -2.44. The minimum atomic E-state index is -0.840. The van der Waals surface area contributed by atoms with Crippen molar-refractivity contribution >= 4 is 41.3 Å². The molecule has 4 rings (SSSR count). The fourth-order valence-corrected chi connectivity index (χ4v) is 5.43. The zero-order valence-corrected chi connectivity index (χ0v) is 19.6. The van der Waals surface area contributed by atoms with Crippen molar-refractivity contribution in [1.29, 1.82) is 0 Å². The number of hydrogen-bond donors (Lipinski definition) is 2. The summed E-state index contributed by atoms with van der Waals surface area (Å²) < 4.78 is 17.3. The van der Waals surface area contributed by atoms with Crippen molar-refractivity contribution in [2.45, 2.75) is 62.7 Å². The topological polar surface area (TPSA) is 78.8 Å². The van der Waals surface area contributed by atoms with Gasteiger partial charge in [0.05, 0.1) is 16.0 Å². The second-order valence-electron chi connectivity index (χ2n) is 8.54. The van der Waals surface area contributed by atoms with Crippen LogP contribution >= 0.6 is 11.9 Å². The Morgan fingerprint density at radius 1 is 1.12 bits per heavy atom. The Balaban J connectivity index is 1.90. The number of ketones is 1. The molecule has 0 saturated carbocycles. The van der Waals surface area contributed by atoms with E-state index in [2.05, 4.69) is 23.6 Å². The van der Waals surface area contributed by atoms with Crippen LogP contribution in [0.3, 0.4) is 0 Å². The van der Waals surface area contributed by atoms with E-state index < -0.39 is 11.2 Å². The van der Waals surface area contributed by atoms with Gasteiger partial charge in [0.25, 0.3) is 0 Å². The molecule has 0 amide bonds. The third-order valence-corrected chi connectivity index (χ3v) is 7.25. The van der Waals surface area contributed by atoms with E-state index in [0.717, 1.165) is 36.9 Å². The second-order valence-corrected chi connectivity index (χ2v) is 9.39. The fraction of sp³-hybridized carbons (Fsp3) is 0.346. The van der Waals surface area contributed by atoms with E-state index >= 15 is 0 Å². The first-order valence-electron chi connectivity index (χ1n) is 11.3. The van der Waals surface area contributed by atoms with Crippen molar-refractivity contribution < 1.29 is 19.1 Å². The largest absolute Gasteiger partial charge is 0.506 e. The van der Waals surface area contributed by atoms with Gasteiger partial charge < -0.3 is 9.83 Å². The van der Waals surface area contributed by atoms with E-state index in [1.807, 2.05) is 0 Å². The van der Waals surface area contributed by atoms with Gasteiger partial charge in [0.2, 0.25) is 0 Å². The Morgan fingerprint density at radius 2 is 1.85 bits per heavy atom. The van der Waals surface area contributed by atoms with Gasteiger partial charge in [-0.15, -0.1) is 0 Å². The third kappa shape index (κ3) is 4.10. The summed E-state index contributed by atoms with van der Waals surface area (Å²) in [5, 5.41) is 11.2. The highest BCUT2D eigenvalue weighted by Crippen LogP contribution is 2.47. The lowest BCUT2D eigenvalue weighted by Gasteiger charge is -2.39. The van der Waals surface area contributed by atoms with Crippen LogP contribution in [0.25, 0.3) is 5.76 Å². The van der Waals surface area contributed by atoms with Crippen molar-refractivity contribution in [2.24, 2.45) is 4.99 Å². The molecule has 0 bridgehead atoms. The maximum atomic E-state index is 14.3.